The van der Waals surface area contributed by atoms with Gasteiger partial charge in [0.1, 0.15) is 24.6 Å². The summed E-state index contributed by atoms with van der Waals surface area (Å²) >= 11 is 0. The van der Waals surface area contributed by atoms with Crippen LogP contribution in [0.3, 0.4) is 0 Å². The summed E-state index contributed by atoms with van der Waals surface area (Å²) < 4.78 is 6.90. The highest BCUT2D eigenvalue weighted by atomic mass is 16.6. The molecule has 5 atom stereocenters. The van der Waals surface area contributed by atoms with Gasteiger partial charge < -0.3 is 35.6 Å². The minimum atomic E-state index is -1.25. The zero-order valence-electron chi connectivity index (χ0n) is 12.6. The van der Waals surface area contributed by atoms with E-state index in [2.05, 4.69) is 20.3 Å². The number of rotatable bonds is 6. The van der Waals surface area contributed by atoms with Gasteiger partial charge in [0.05, 0.1) is 25.6 Å². The maximum atomic E-state index is 10.1. The summed E-state index contributed by atoms with van der Waals surface area (Å²) in [6.07, 6.45) is -2.62. The number of aliphatic hydroxyl groups excluding tert-OH is 5. The Kier molecular flexibility index (Phi) is 4.89. The van der Waals surface area contributed by atoms with E-state index in [0.717, 1.165) is 0 Å². The molecule has 0 amide bonds. The largest absolute Gasteiger partial charge is 0.394 e. The van der Waals surface area contributed by atoms with Crippen LogP contribution in [0.1, 0.15) is 6.23 Å². The Balaban J connectivity index is 1.89. The van der Waals surface area contributed by atoms with E-state index in [-0.39, 0.29) is 6.54 Å². The summed E-state index contributed by atoms with van der Waals surface area (Å²) in [6.45, 7) is -0.746. The molecule has 1 saturated heterocycles. The molecule has 0 spiro atoms. The van der Waals surface area contributed by atoms with Crippen molar-refractivity contribution in [3.63, 3.8) is 0 Å². The number of nitrogens with zero attached hydrogens (tertiary/aromatic N) is 4. The van der Waals surface area contributed by atoms with Crippen LogP contribution in [-0.2, 0) is 4.74 Å². The first kappa shape index (κ1) is 17.0. The monoisotopic (exact) mass is 341 g/mol. The molecule has 11 heteroatoms. The lowest BCUT2D eigenvalue weighted by molar-refractivity contribution is -0.0511. The topological polar surface area (TPSA) is 166 Å². The van der Waals surface area contributed by atoms with Crippen LogP contribution in [0.15, 0.2) is 12.7 Å². The Hall–Kier alpha value is -1.89. The standard InChI is InChI=1S/C13H19N5O6/c19-2-6(21)1-14-11-8-12(16-4-15-11)18(5-17-8)13-10(23)9(22)7(3-20)24-13/h4-7,9-10,13,19-23H,1-3H2,(H,14,15,16)/t6?,7-,9-,10+,13-/m1/s1. The van der Waals surface area contributed by atoms with Crippen molar-refractivity contribution in [2.75, 3.05) is 25.1 Å². The first-order valence-electron chi connectivity index (χ1n) is 7.39. The van der Waals surface area contributed by atoms with E-state index < -0.39 is 43.9 Å². The smallest absolute Gasteiger partial charge is 0.167 e. The van der Waals surface area contributed by atoms with Gasteiger partial charge >= 0.3 is 0 Å². The summed E-state index contributed by atoms with van der Waals surface area (Å²) in [5.41, 5.74) is 0.723. The summed E-state index contributed by atoms with van der Waals surface area (Å²) in [5.74, 6) is 0.345. The second-order valence-corrected chi connectivity index (χ2v) is 5.49. The second-order valence-electron chi connectivity index (χ2n) is 5.49. The molecule has 1 aliphatic rings. The minimum absolute atomic E-state index is 0.0727. The predicted octanol–water partition coefficient (Wildman–Crippen LogP) is -2.80. The summed E-state index contributed by atoms with van der Waals surface area (Å²) in [6, 6.07) is 0. The molecule has 2 aromatic heterocycles. The van der Waals surface area contributed by atoms with Crippen LogP contribution in [0.25, 0.3) is 11.2 Å². The van der Waals surface area contributed by atoms with Crippen molar-refractivity contribution < 1.29 is 30.3 Å². The van der Waals surface area contributed by atoms with Crippen LogP contribution >= 0.6 is 0 Å². The Morgan fingerprint density at radius 2 is 2.00 bits per heavy atom. The first-order chi connectivity index (χ1) is 11.6. The highest BCUT2D eigenvalue weighted by Gasteiger charge is 2.44. The van der Waals surface area contributed by atoms with Crippen LogP contribution in [0.5, 0.6) is 0 Å². The summed E-state index contributed by atoms with van der Waals surface area (Å²) in [4.78, 5) is 12.3. The number of aromatic nitrogens is 4. The third kappa shape index (κ3) is 2.92. The molecule has 0 bridgehead atoms. The van der Waals surface area contributed by atoms with E-state index in [1.807, 2.05) is 0 Å². The molecule has 132 valence electrons. The van der Waals surface area contributed by atoms with Crippen LogP contribution in [-0.4, -0.2) is 89.2 Å². The molecule has 1 fully saturated rings. The van der Waals surface area contributed by atoms with E-state index in [1.165, 1.54) is 17.2 Å². The molecule has 0 saturated carbocycles. The van der Waals surface area contributed by atoms with Gasteiger partial charge in [-0.3, -0.25) is 4.57 Å². The van der Waals surface area contributed by atoms with Crippen molar-refractivity contribution in [3.05, 3.63) is 12.7 Å². The van der Waals surface area contributed by atoms with Gasteiger partial charge in [0.15, 0.2) is 23.2 Å². The number of ether oxygens (including phenoxy) is 1. The Morgan fingerprint density at radius 1 is 1.21 bits per heavy atom. The van der Waals surface area contributed by atoms with E-state index in [4.69, 9.17) is 9.84 Å². The number of anilines is 1. The normalized spacial score (nSPS) is 28.4. The van der Waals surface area contributed by atoms with Gasteiger partial charge in [-0.1, -0.05) is 0 Å². The number of fused-ring (bicyclic) bond motifs is 1. The second kappa shape index (κ2) is 6.93. The SMILES string of the molecule is OCC(O)CNc1ncnc2c1ncn2[C@@H]1O[C@H](CO)[C@@H](O)[C@@H]1O. The number of aliphatic hydroxyl groups is 5. The third-order valence-corrected chi connectivity index (χ3v) is 3.87. The van der Waals surface area contributed by atoms with Gasteiger partial charge in [-0.25, -0.2) is 15.0 Å². The maximum absolute atomic E-state index is 10.1. The molecule has 1 aliphatic heterocycles. The maximum Gasteiger partial charge on any atom is 0.167 e. The minimum Gasteiger partial charge on any atom is -0.394 e. The van der Waals surface area contributed by atoms with Crippen LogP contribution in [0, 0.1) is 0 Å². The number of nitrogens with one attached hydrogen (secondary N) is 1. The fourth-order valence-corrected chi connectivity index (χ4v) is 2.56. The van der Waals surface area contributed by atoms with E-state index in [9.17, 15) is 20.4 Å². The van der Waals surface area contributed by atoms with Gasteiger partial charge in [-0.15, -0.1) is 0 Å². The molecule has 2 aromatic rings. The Bertz CT molecular complexity index is 697. The third-order valence-electron chi connectivity index (χ3n) is 3.87. The molecule has 11 nitrogen and oxygen atoms in total. The van der Waals surface area contributed by atoms with Gasteiger partial charge in [-0.05, 0) is 0 Å². The van der Waals surface area contributed by atoms with Gasteiger partial charge in [0.2, 0.25) is 0 Å². The zero-order chi connectivity index (χ0) is 17.3. The van der Waals surface area contributed by atoms with Crippen molar-refractivity contribution >= 4 is 17.0 Å². The fourth-order valence-electron chi connectivity index (χ4n) is 2.56. The van der Waals surface area contributed by atoms with Gasteiger partial charge in [0, 0.05) is 6.54 Å². The average molecular weight is 341 g/mol. The number of hydrogen-bond acceptors (Lipinski definition) is 10. The number of hydrogen-bond donors (Lipinski definition) is 6. The lowest BCUT2D eigenvalue weighted by atomic mass is 10.1. The quantitative estimate of drug-likeness (QED) is 0.323. The summed E-state index contributed by atoms with van der Waals surface area (Å²) in [7, 11) is 0. The van der Waals surface area contributed by atoms with Crippen molar-refractivity contribution in [1.82, 2.24) is 19.5 Å². The van der Waals surface area contributed by atoms with Crippen molar-refractivity contribution in [2.45, 2.75) is 30.6 Å². The molecule has 0 radical (unpaired) electrons. The van der Waals surface area contributed by atoms with Crippen molar-refractivity contribution in [3.8, 4) is 0 Å². The highest BCUT2D eigenvalue weighted by molar-refractivity contribution is 5.82. The first-order valence-corrected chi connectivity index (χ1v) is 7.39. The van der Waals surface area contributed by atoms with Gasteiger partial charge in [0.25, 0.3) is 0 Å². The lowest BCUT2D eigenvalue weighted by Crippen LogP contribution is -2.33. The highest BCUT2D eigenvalue weighted by Crippen LogP contribution is 2.31. The molecule has 24 heavy (non-hydrogen) atoms. The van der Waals surface area contributed by atoms with Crippen molar-refractivity contribution in [2.24, 2.45) is 0 Å². The molecule has 0 aromatic carbocycles. The van der Waals surface area contributed by atoms with E-state index in [1.54, 1.807) is 0 Å². The molecular formula is C13H19N5O6. The summed E-state index contributed by atoms with van der Waals surface area (Å²) in [5, 5.41) is 50.2. The van der Waals surface area contributed by atoms with E-state index in [0.29, 0.717) is 17.0 Å². The molecule has 3 rings (SSSR count). The van der Waals surface area contributed by atoms with Crippen LogP contribution in [0.2, 0.25) is 0 Å². The lowest BCUT2D eigenvalue weighted by Gasteiger charge is -2.16. The molecule has 6 N–H and O–H groups in total. The molecule has 0 aliphatic carbocycles. The van der Waals surface area contributed by atoms with E-state index >= 15 is 0 Å². The van der Waals surface area contributed by atoms with Crippen LogP contribution < -0.4 is 5.32 Å². The predicted molar refractivity (Wildman–Crippen MR) is 79.9 cm³/mol. The molecular weight excluding hydrogens is 322 g/mol. The van der Waals surface area contributed by atoms with Crippen molar-refractivity contribution in [1.29, 1.82) is 0 Å². The number of imidazole rings is 1. The Morgan fingerprint density at radius 3 is 2.67 bits per heavy atom. The Labute approximate surface area is 136 Å². The van der Waals surface area contributed by atoms with Gasteiger partial charge in [-0.2, -0.15) is 0 Å². The molecule has 1 unspecified atom stereocenters. The zero-order valence-corrected chi connectivity index (χ0v) is 12.6. The average Bonchev–Trinajstić information content (AvgIpc) is 3.15. The fraction of sp³-hybridized carbons (Fsp3) is 0.615. The van der Waals surface area contributed by atoms with Crippen LogP contribution in [0.4, 0.5) is 5.82 Å². The molecule has 3 heterocycles.